The molecule has 0 saturated heterocycles. The van der Waals surface area contributed by atoms with E-state index in [1.807, 2.05) is 4.90 Å². The maximum Gasteiger partial charge on any atom is 0.274 e. The van der Waals surface area contributed by atoms with Crippen molar-refractivity contribution < 1.29 is 14.7 Å². The quantitative estimate of drug-likeness (QED) is 0.858. The second-order valence-corrected chi connectivity index (χ2v) is 6.40. The molecule has 1 atom stereocenters. The molecular formula is C16H24N4O3. The first-order valence-corrected chi connectivity index (χ1v) is 8.45. The summed E-state index contributed by atoms with van der Waals surface area (Å²) in [6.45, 7) is 3.19. The summed E-state index contributed by atoms with van der Waals surface area (Å²) in [5.41, 5.74) is 0.636. The molecule has 23 heavy (non-hydrogen) atoms. The van der Waals surface area contributed by atoms with E-state index in [0.717, 1.165) is 32.1 Å². The van der Waals surface area contributed by atoms with Gasteiger partial charge in [0.1, 0.15) is 5.69 Å². The smallest absolute Gasteiger partial charge is 0.274 e. The van der Waals surface area contributed by atoms with Crippen LogP contribution in [0, 0.1) is 0 Å². The Morgan fingerprint density at radius 2 is 2.22 bits per heavy atom. The molecular weight excluding hydrogens is 296 g/mol. The third kappa shape index (κ3) is 3.24. The van der Waals surface area contributed by atoms with Crippen LogP contribution in [0.4, 0.5) is 0 Å². The van der Waals surface area contributed by atoms with E-state index in [1.54, 1.807) is 6.07 Å². The highest BCUT2D eigenvalue weighted by Crippen LogP contribution is 2.25. The lowest BCUT2D eigenvalue weighted by atomic mass is 10.2. The number of nitrogens with zero attached hydrogens (tertiary/aromatic N) is 3. The minimum absolute atomic E-state index is 0.110. The minimum Gasteiger partial charge on any atom is -0.389 e. The lowest BCUT2D eigenvalue weighted by Gasteiger charge is -2.28. The van der Waals surface area contributed by atoms with Gasteiger partial charge in [-0.2, -0.15) is 5.10 Å². The van der Waals surface area contributed by atoms with Crippen molar-refractivity contribution in [2.24, 2.45) is 0 Å². The Hall–Kier alpha value is -1.89. The van der Waals surface area contributed by atoms with Crippen LogP contribution >= 0.6 is 0 Å². The Morgan fingerprint density at radius 3 is 2.91 bits per heavy atom. The number of aromatic nitrogens is 2. The summed E-state index contributed by atoms with van der Waals surface area (Å²) in [5.74, 6) is -0.405. The first-order chi connectivity index (χ1) is 11.1. The third-order valence-corrected chi connectivity index (χ3v) is 4.60. The monoisotopic (exact) mass is 320 g/mol. The molecule has 1 aromatic heterocycles. The van der Waals surface area contributed by atoms with Crippen molar-refractivity contribution in [1.29, 1.82) is 0 Å². The van der Waals surface area contributed by atoms with Gasteiger partial charge in [-0.15, -0.1) is 0 Å². The van der Waals surface area contributed by atoms with Gasteiger partial charge >= 0.3 is 0 Å². The molecule has 0 bridgehead atoms. The van der Waals surface area contributed by atoms with Crippen LogP contribution in [0.25, 0.3) is 0 Å². The van der Waals surface area contributed by atoms with Gasteiger partial charge in [-0.05, 0) is 19.3 Å². The SMILES string of the molecule is CCCN(C(=O)c1cc2n(n1)C[C@@H](O)CNC2=O)C1CCCC1. The van der Waals surface area contributed by atoms with Crippen molar-refractivity contribution in [3.63, 3.8) is 0 Å². The van der Waals surface area contributed by atoms with Gasteiger partial charge in [0.2, 0.25) is 0 Å². The lowest BCUT2D eigenvalue weighted by molar-refractivity contribution is 0.0673. The van der Waals surface area contributed by atoms with E-state index >= 15 is 0 Å². The zero-order chi connectivity index (χ0) is 16.4. The van der Waals surface area contributed by atoms with Crippen molar-refractivity contribution in [1.82, 2.24) is 20.0 Å². The van der Waals surface area contributed by atoms with E-state index in [4.69, 9.17) is 0 Å². The molecule has 0 radical (unpaired) electrons. The number of hydrogen-bond donors (Lipinski definition) is 2. The van der Waals surface area contributed by atoms with Crippen molar-refractivity contribution in [3.8, 4) is 0 Å². The van der Waals surface area contributed by atoms with Crippen LogP contribution < -0.4 is 5.32 Å². The number of rotatable bonds is 4. The first-order valence-electron chi connectivity index (χ1n) is 8.45. The zero-order valence-corrected chi connectivity index (χ0v) is 13.5. The van der Waals surface area contributed by atoms with Crippen LogP contribution in [0.15, 0.2) is 6.07 Å². The Balaban J connectivity index is 1.85. The average Bonchev–Trinajstić information content (AvgIpc) is 3.17. The molecule has 1 aliphatic heterocycles. The number of carbonyl (C=O) groups excluding carboxylic acids is 2. The standard InChI is InChI=1S/C16H24N4O3/c1-2-7-19(11-5-3-4-6-11)16(23)13-8-14-15(22)17-9-12(21)10-20(14)18-13/h8,11-12,21H,2-7,9-10H2,1H3,(H,17,22)/t12-/m0/s1. The molecule has 1 fully saturated rings. The topological polar surface area (TPSA) is 87.5 Å². The molecule has 7 nitrogen and oxygen atoms in total. The van der Waals surface area contributed by atoms with Gasteiger partial charge in [0, 0.05) is 25.2 Å². The highest BCUT2D eigenvalue weighted by atomic mass is 16.3. The van der Waals surface area contributed by atoms with Crippen molar-refractivity contribution in [2.75, 3.05) is 13.1 Å². The highest BCUT2D eigenvalue weighted by Gasteiger charge is 2.30. The molecule has 0 spiro atoms. The van der Waals surface area contributed by atoms with E-state index in [0.29, 0.717) is 17.9 Å². The molecule has 2 heterocycles. The van der Waals surface area contributed by atoms with Gasteiger partial charge in [-0.25, -0.2) is 0 Å². The van der Waals surface area contributed by atoms with Crippen molar-refractivity contribution >= 4 is 11.8 Å². The van der Waals surface area contributed by atoms with E-state index in [2.05, 4.69) is 17.3 Å². The van der Waals surface area contributed by atoms with Crippen LogP contribution in [0.5, 0.6) is 0 Å². The molecule has 126 valence electrons. The summed E-state index contributed by atoms with van der Waals surface area (Å²) in [6.07, 6.45) is 4.61. The number of carbonyl (C=O) groups is 2. The fourth-order valence-electron chi connectivity index (χ4n) is 3.46. The maximum absolute atomic E-state index is 12.9. The number of aliphatic hydroxyl groups excluding tert-OH is 1. The number of hydrogen-bond acceptors (Lipinski definition) is 4. The normalized spacial score (nSPS) is 21.7. The molecule has 0 aromatic carbocycles. The van der Waals surface area contributed by atoms with Gasteiger partial charge in [-0.3, -0.25) is 14.3 Å². The summed E-state index contributed by atoms with van der Waals surface area (Å²) >= 11 is 0. The fraction of sp³-hybridized carbons (Fsp3) is 0.688. The first kappa shape index (κ1) is 16.0. The molecule has 2 aliphatic rings. The minimum atomic E-state index is -0.690. The average molecular weight is 320 g/mol. The second kappa shape index (κ2) is 6.70. The molecule has 2 amide bonds. The van der Waals surface area contributed by atoms with Crippen molar-refractivity contribution in [2.45, 2.75) is 57.7 Å². The van der Waals surface area contributed by atoms with Gasteiger partial charge in [0.25, 0.3) is 11.8 Å². The number of fused-ring (bicyclic) bond motifs is 1. The number of β-amino-alcohol motifs (C(OH)–C–C–N with tert-alkyl or cyclic N) is 1. The summed E-state index contributed by atoms with van der Waals surface area (Å²) in [7, 11) is 0. The van der Waals surface area contributed by atoms with Crippen LogP contribution in [-0.2, 0) is 6.54 Å². The maximum atomic E-state index is 12.9. The van der Waals surface area contributed by atoms with Crippen LogP contribution in [0.1, 0.15) is 60.0 Å². The molecule has 3 rings (SSSR count). The predicted octanol–water partition coefficient (Wildman–Crippen LogP) is 0.782. The molecule has 0 unspecified atom stereocenters. The van der Waals surface area contributed by atoms with Gasteiger partial charge in [0.15, 0.2) is 5.69 Å². The summed E-state index contributed by atoms with van der Waals surface area (Å²) in [5, 5.41) is 16.7. The molecule has 7 heteroatoms. The number of amides is 2. The van der Waals surface area contributed by atoms with Gasteiger partial charge in [0.05, 0.1) is 12.6 Å². The second-order valence-electron chi connectivity index (χ2n) is 6.40. The Bertz CT molecular complexity index is 592. The zero-order valence-electron chi connectivity index (χ0n) is 13.5. The summed E-state index contributed by atoms with van der Waals surface area (Å²) < 4.78 is 1.44. The Morgan fingerprint density at radius 1 is 1.48 bits per heavy atom. The summed E-state index contributed by atoms with van der Waals surface area (Å²) in [6, 6.07) is 1.83. The van der Waals surface area contributed by atoms with Crippen LogP contribution in [0.3, 0.4) is 0 Å². The van der Waals surface area contributed by atoms with Crippen LogP contribution in [-0.4, -0.2) is 56.8 Å². The van der Waals surface area contributed by atoms with Crippen LogP contribution in [0.2, 0.25) is 0 Å². The molecule has 2 N–H and O–H groups in total. The predicted molar refractivity (Wildman–Crippen MR) is 84.2 cm³/mol. The van der Waals surface area contributed by atoms with Gasteiger partial charge < -0.3 is 15.3 Å². The van der Waals surface area contributed by atoms with E-state index in [1.165, 1.54) is 4.68 Å². The Kier molecular flexibility index (Phi) is 4.66. The molecule has 1 aromatic rings. The lowest BCUT2D eigenvalue weighted by Crippen LogP contribution is -2.39. The van der Waals surface area contributed by atoms with Gasteiger partial charge in [-0.1, -0.05) is 19.8 Å². The number of nitrogens with one attached hydrogen (secondary N) is 1. The number of aliphatic hydroxyl groups is 1. The summed E-state index contributed by atoms with van der Waals surface area (Å²) in [4.78, 5) is 26.8. The van der Waals surface area contributed by atoms with Crippen molar-refractivity contribution in [3.05, 3.63) is 17.5 Å². The highest BCUT2D eigenvalue weighted by molar-refractivity contribution is 5.98. The Labute approximate surface area is 135 Å². The molecule has 1 aliphatic carbocycles. The third-order valence-electron chi connectivity index (χ3n) is 4.60. The largest absolute Gasteiger partial charge is 0.389 e. The fourth-order valence-corrected chi connectivity index (χ4v) is 3.46. The van der Waals surface area contributed by atoms with E-state index in [9.17, 15) is 14.7 Å². The molecule has 1 saturated carbocycles. The van der Waals surface area contributed by atoms with E-state index in [-0.39, 0.29) is 30.9 Å². The van der Waals surface area contributed by atoms with E-state index < -0.39 is 6.10 Å².